The fourth-order valence-corrected chi connectivity index (χ4v) is 2.98. The van der Waals surface area contributed by atoms with Gasteiger partial charge < -0.3 is 11.1 Å². The molecule has 0 radical (unpaired) electrons. The Bertz CT molecular complexity index is 634. The van der Waals surface area contributed by atoms with E-state index in [-0.39, 0.29) is 5.91 Å². The van der Waals surface area contributed by atoms with E-state index in [4.69, 9.17) is 5.73 Å². The smallest absolute Gasteiger partial charge is 0.236 e. The van der Waals surface area contributed by atoms with Gasteiger partial charge in [0.1, 0.15) is 5.82 Å². The molecular formula is C17H21N3O. The largest absolute Gasteiger partial charge is 0.399 e. The van der Waals surface area contributed by atoms with E-state index < -0.39 is 5.41 Å². The van der Waals surface area contributed by atoms with Gasteiger partial charge in [-0.1, -0.05) is 24.8 Å². The Morgan fingerprint density at radius 2 is 2.29 bits per heavy atom. The molecule has 0 aromatic heterocycles. The summed E-state index contributed by atoms with van der Waals surface area (Å²) in [6, 6.07) is 0. The molecular weight excluding hydrogens is 262 g/mol. The highest BCUT2D eigenvalue weighted by molar-refractivity contribution is 5.93. The molecule has 3 N–H and O–H groups in total. The summed E-state index contributed by atoms with van der Waals surface area (Å²) < 4.78 is 0. The van der Waals surface area contributed by atoms with Gasteiger partial charge in [-0.05, 0) is 50.6 Å². The van der Waals surface area contributed by atoms with Gasteiger partial charge in [0.05, 0.1) is 5.41 Å². The monoisotopic (exact) mass is 283 g/mol. The Hall–Kier alpha value is -2.36. The zero-order valence-electron chi connectivity index (χ0n) is 12.6. The number of rotatable bonds is 4. The maximum absolute atomic E-state index is 12.4. The van der Waals surface area contributed by atoms with Crippen LogP contribution in [0.5, 0.6) is 0 Å². The lowest BCUT2D eigenvalue weighted by atomic mass is 9.77. The SMILES string of the molecule is C=CC1=C(N=C)NC(=O)C12CC=C(/C(C)=C(N)\C=C/C)C2. The topological polar surface area (TPSA) is 67.5 Å². The molecule has 1 spiro atoms. The Labute approximate surface area is 125 Å². The number of amides is 1. The Balaban J connectivity index is 2.38. The Kier molecular flexibility index (Phi) is 3.98. The lowest BCUT2D eigenvalue weighted by Gasteiger charge is -2.23. The molecule has 1 aliphatic carbocycles. The number of carbonyl (C=O) groups is 1. The van der Waals surface area contributed by atoms with Crippen LogP contribution in [-0.2, 0) is 4.79 Å². The molecule has 2 rings (SSSR count). The van der Waals surface area contributed by atoms with Crippen molar-refractivity contribution < 1.29 is 4.79 Å². The van der Waals surface area contributed by atoms with Gasteiger partial charge in [0.2, 0.25) is 5.91 Å². The van der Waals surface area contributed by atoms with Crippen molar-refractivity contribution in [3.05, 3.63) is 59.1 Å². The summed E-state index contributed by atoms with van der Waals surface area (Å²) in [6.45, 7) is 11.2. The van der Waals surface area contributed by atoms with Crippen LogP contribution < -0.4 is 11.1 Å². The molecule has 1 aliphatic heterocycles. The third-order valence-corrected chi connectivity index (χ3v) is 4.25. The summed E-state index contributed by atoms with van der Waals surface area (Å²) in [5, 5.41) is 2.80. The summed E-state index contributed by atoms with van der Waals surface area (Å²) in [6.07, 6.45) is 8.81. The van der Waals surface area contributed by atoms with Gasteiger partial charge in [-0.15, -0.1) is 0 Å². The highest BCUT2D eigenvalue weighted by Crippen LogP contribution is 2.50. The molecule has 0 bridgehead atoms. The van der Waals surface area contributed by atoms with Crippen LogP contribution in [0.15, 0.2) is 64.1 Å². The third kappa shape index (κ3) is 2.27. The van der Waals surface area contributed by atoms with E-state index in [1.54, 1.807) is 6.08 Å². The number of nitrogens with one attached hydrogen (secondary N) is 1. The van der Waals surface area contributed by atoms with Crippen LogP contribution in [0.1, 0.15) is 26.7 Å². The van der Waals surface area contributed by atoms with Crippen LogP contribution >= 0.6 is 0 Å². The van der Waals surface area contributed by atoms with Gasteiger partial charge in [0.25, 0.3) is 0 Å². The van der Waals surface area contributed by atoms with Gasteiger partial charge in [-0.3, -0.25) is 4.79 Å². The molecule has 21 heavy (non-hydrogen) atoms. The lowest BCUT2D eigenvalue weighted by molar-refractivity contribution is -0.126. The van der Waals surface area contributed by atoms with Crippen LogP contribution in [0, 0.1) is 5.41 Å². The third-order valence-electron chi connectivity index (χ3n) is 4.25. The second-order valence-corrected chi connectivity index (χ2v) is 5.35. The van der Waals surface area contributed by atoms with E-state index in [1.165, 1.54) is 0 Å². The quantitative estimate of drug-likeness (QED) is 0.615. The van der Waals surface area contributed by atoms with Crippen molar-refractivity contribution in [1.82, 2.24) is 5.32 Å². The van der Waals surface area contributed by atoms with E-state index in [9.17, 15) is 4.79 Å². The van der Waals surface area contributed by atoms with E-state index in [0.717, 1.165) is 22.4 Å². The first-order valence-corrected chi connectivity index (χ1v) is 6.94. The first-order chi connectivity index (χ1) is 10.00. The van der Waals surface area contributed by atoms with Crippen LogP contribution in [0.3, 0.4) is 0 Å². The lowest BCUT2D eigenvalue weighted by Crippen LogP contribution is -2.32. The zero-order valence-corrected chi connectivity index (χ0v) is 12.6. The van der Waals surface area contributed by atoms with Crippen LogP contribution in [-0.4, -0.2) is 12.6 Å². The minimum absolute atomic E-state index is 0.0385. The predicted octanol–water partition coefficient (Wildman–Crippen LogP) is 2.73. The molecule has 4 nitrogen and oxygen atoms in total. The van der Waals surface area contributed by atoms with Crippen LogP contribution in [0.25, 0.3) is 0 Å². The number of nitrogens with two attached hydrogens (primary N) is 1. The van der Waals surface area contributed by atoms with Crippen molar-refractivity contribution in [2.75, 3.05) is 0 Å². The highest BCUT2D eigenvalue weighted by atomic mass is 16.2. The second kappa shape index (κ2) is 5.56. The predicted molar refractivity (Wildman–Crippen MR) is 86.4 cm³/mol. The molecule has 2 aliphatic rings. The average Bonchev–Trinajstić information content (AvgIpc) is 3.02. The Morgan fingerprint density at radius 1 is 1.57 bits per heavy atom. The van der Waals surface area contributed by atoms with Crippen molar-refractivity contribution in [2.24, 2.45) is 16.1 Å². The number of carbonyl (C=O) groups excluding carboxylic acids is 1. The molecule has 0 saturated carbocycles. The summed E-state index contributed by atoms with van der Waals surface area (Å²) >= 11 is 0. The maximum Gasteiger partial charge on any atom is 0.236 e. The molecule has 110 valence electrons. The number of aliphatic imine (C=N–C) groups is 1. The van der Waals surface area contributed by atoms with E-state index in [0.29, 0.717) is 18.7 Å². The van der Waals surface area contributed by atoms with Crippen LogP contribution in [0.2, 0.25) is 0 Å². The first kappa shape index (κ1) is 15.0. The van der Waals surface area contributed by atoms with Crippen molar-refractivity contribution >= 4 is 12.6 Å². The fourth-order valence-electron chi connectivity index (χ4n) is 2.98. The summed E-state index contributed by atoms with van der Waals surface area (Å²) in [7, 11) is 0. The molecule has 1 heterocycles. The van der Waals surface area contributed by atoms with Crippen molar-refractivity contribution in [2.45, 2.75) is 26.7 Å². The molecule has 4 heteroatoms. The normalized spacial score (nSPS) is 26.2. The highest BCUT2D eigenvalue weighted by Gasteiger charge is 2.49. The standard InChI is InChI=1S/C17H21N3O/c1-5-7-14(18)11(3)12-8-9-17(10-12)13(6-2)15(19-4)20-16(17)21/h5-8H,2,4,9-10,18H2,1,3H3,(H,20,21)/b7-5-,14-11+. The van der Waals surface area contributed by atoms with Gasteiger partial charge >= 0.3 is 0 Å². The second-order valence-electron chi connectivity index (χ2n) is 5.35. The summed E-state index contributed by atoms with van der Waals surface area (Å²) in [4.78, 5) is 16.3. The fraction of sp³-hybridized carbons (Fsp3) is 0.294. The molecule has 0 aromatic carbocycles. The maximum atomic E-state index is 12.4. The molecule has 1 atom stereocenters. The van der Waals surface area contributed by atoms with E-state index in [1.807, 2.05) is 26.0 Å². The molecule has 0 aromatic rings. The first-order valence-electron chi connectivity index (χ1n) is 6.94. The summed E-state index contributed by atoms with van der Waals surface area (Å²) in [5.41, 5.74) is 9.10. The van der Waals surface area contributed by atoms with Crippen molar-refractivity contribution in [3.63, 3.8) is 0 Å². The molecule has 1 amide bonds. The molecule has 0 saturated heterocycles. The van der Waals surface area contributed by atoms with E-state index >= 15 is 0 Å². The van der Waals surface area contributed by atoms with Gasteiger partial charge in [0.15, 0.2) is 0 Å². The number of hydrogen-bond donors (Lipinski definition) is 2. The van der Waals surface area contributed by atoms with Gasteiger partial charge in [-0.25, -0.2) is 4.99 Å². The van der Waals surface area contributed by atoms with Gasteiger partial charge in [-0.2, -0.15) is 0 Å². The average molecular weight is 283 g/mol. The van der Waals surface area contributed by atoms with Crippen LogP contribution in [0.4, 0.5) is 0 Å². The minimum Gasteiger partial charge on any atom is -0.399 e. The number of nitrogens with zero attached hydrogens (tertiary/aromatic N) is 1. The van der Waals surface area contributed by atoms with Crippen molar-refractivity contribution in [3.8, 4) is 0 Å². The Morgan fingerprint density at radius 3 is 2.86 bits per heavy atom. The minimum atomic E-state index is -0.606. The van der Waals surface area contributed by atoms with Gasteiger partial charge in [0, 0.05) is 11.3 Å². The van der Waals surface area contributed by atoms with E-state index in [2.05, 4.69) is 29.7 Å². The molecule has 0 fully saturated rings. The number of allylic oxidation sites excluding steroid dienone is 6. The summed E-state index contributed by atoms with van der Waals surface area (Å²) in [5.74, 6) is 0.483. The molecule has 1 unspecified atom stereocenters. The number of hydrogen-bond acceptors (Lipinski definition) is 3. The zero-order chi connectivity index (χ0) is 15.6. The van der Waals surface area contributed by atoms with Crippen molar-refractivity contribution in [1.29, 1.82) is 0 Å².